The number of phosphoric ester groups is 1. The van der Waals surface area contributed by atoms with E-state index in [0.717, 1.165) is 57.8 Å². The zero-order valence-electron chi connectivity index (χ0n) is 28.0. The summed E-state index contributed by atoms with van der Waals surface area (Å²) in [6, 6.07) is -1.52. The molecule has 12 heteroatoms. The van der Waals surface area contributed by atoms with Crippen molar-refractivity contribution in [2.45, 2.75) is 161 Å². The van der Waals surface area contributed by atoms with Gasteiger partial charge in [-0.2, -0.15) is 0 Å². The smallest absolute Gasteiger partial charge is 0.472 e. The third-order valence-corrected chi connectivity index (χ3v) is 8.21. The number of nitrogens with two attached hydrogens (primary N) is 1. The maximum absolute atomic E-state index is 12.5. The van der Waals surface area contributed by atoms with E-state index in [1.165, 1.54) is 51.4 Å². The van der Waals surface area contributed by atoms with Crippen molar-refractivity contribution in [3.63, 3.8) is 0 Å². The van der Waals surface area contributed by atoms with Gasteiger partial charge in [0.1, 0.15) is 12.6 Å². The van der Waals surface area contributed by atoms with Gasteiger partial charge in [0, 0.05) is 12.8 Å². The van der Waals surface area contributed by atoms with Crippen molar-refractivity contribution in [3.8, 4) is 0 Å². The highest BCUT2D eigenvalue weighted by Gasteiger charge is 2.28. The zero-order valence-corrected chi connectivity index (χ0v) is 28.9. The molecule has 0 saturated carbocycles. The predicted molar refractivity (Wildman–Crippen MR) is 176 cm³/mol. The van der Waals surface area contributed by atoms with Crippen LogP contribution in [-0.2, 0) is 37.5 Å². The van der Waals surface area contributed by atoms with E-state index in [9.17, 15) is 23.8 Å². The number of esters is 2. The molecule has 0 aliphatic rings. The number of ether oxygens (including phenoxy) is 2. The lowest BCUT2D eigenvalue weighted by molar-refractivity contribution is -0.161. The van der Waals surface area contributed by atoms with E-state index < -0.39 is 51.1 Å². The second-order valence-electron chi connectivity index (χ2n) is 11.7. The molecule has 3 unspecified atom stereocenters. The number of phosphoric acid groups is 1. The standard InChI is InChI=1S/C33H62NO10P/c1-3-5-7-9-11-12-13-14-15-16-17-19-21-23-25-32(36)44-29(27-42-45(39,40)43-28-30(34)33(37)38)26-41-31(35)24-22-20-18-10-8-6-4-2/h13-14,29-30H,3-12,15-28,34H2,1-2H3,(H,37,38)(H,39,40)/b14-13-. The highest BCUT2D eigenvalue weighted by Crippen LogP contribution is 2.43. The van der Waals surface area contributed by atoms with Gasteiger partial charge in [-0.1, -0.05) is 109 Å². The van der Waals surface area contributed by atoms with E-state index in [2.05, 4.69) is 30.5 Å². The van der Waals surface area contributed by atoms with E-state index in [1.54, 1.807) is 0 Å². The zero-order chi connectivity index (χ0) is 33.6. The van der Waals surface area contributed by atoms with Crippen LogP contribution in [0, 0.1) is 0 Å². The Labute approximate surface area is 271 Å². The third kappa shape index (κ3) is 29.4. The highest BCUT2D eigenvalue weighted by molar-refractivity contribution is 7.47. The van der Waals surface area contributed by atoms with Gasteiger partial charge < -0.3 is 25.2 Å². The van der Waals surface area contributed by atoms with Crippen LogP contribution in [0.25, 0.3) is 0 Å². The quantitative estimate of drug-likeness (QED) is 0.0278. The van der Waals surface area contributed by atoms with Gasteiger partial charge in [-0.25, -0.2) is 4.57 Å². The van der Waals surface area contributed by atoms with Crippen LogP contribution >= 0.6 is 7.82 Å². The Hall–Kier alpha value is -1.78. The number of aliphatic carboxylic acids is 1. The summed E-state index contributed by atoms with van der Waals surface area (Å²) in [5, 5.41) is 8.82. The predicted octanol–water partition coefficient (Wildman–Crippen LogP) is 7.78. The average molecular weight is 664 g/mol. The average Bonchev–Trinajstić information content (AvgIpc) is 3.00. The Kier molecular flexibility index (Phi) is 28.4. The molecular formula is C33H62NO10P. The van der Waals surface area contributed by atoms with Gasteiger partial charge in [0.15, 0.2) is 6.10 Å². The first-order chi connectivity index (χ1) is 21.6. The Morgan fingerprint density at radius 2 is 1.11 bits per heavy atom. The summed E-state index contributed by atoms with van der Waals surface area (Å²) in [5.74, 6) is -2.40. The normalized spacial score (nSPS) is 14.2. The van der Waals surface area contributed by atoms with Crippen LogP contribution in [0.4, 0.5) is 0 Å². The molecule has 11 nitrogen and oxygen atoms in total. The number of carbonyl (C=O) groups is 3. The molecular weight excluding hydrogens is 601 g/mol. The molecule has 264 valence electrons. The SMILES string of the molecule is CCCCCCC/C=C\CCCCCCCC(=O)OC(COC(=O)CCCCCCCCC)COP(=O)(O)OCC(N)C(=O)O. The maximum atomic E-state index is 12.5. The highest BCUT2D eigenvalue weighted by atomic mass is 31.2. The summed E-state index contributed by atoms with van der Waals surface area (Å²) in [6.45, 7) is 2.70. The molecule has 0 aromatic heterocycles. The topological polar surface area (TPSA) is 172 Å². The molecule has 0 saturated heterocycles. The van der Waals surface area contributed by atoms with E-state index in [1.807, 2.05) is 0 Å². The van der Waals surface area contributed by atoms with Gasteiger partial charge >= 0.3 is 25.7 Å². The molecule has 0 aromatic carbocycles. The van der Waals surface area contributed by atoms with Crippen molar-refractivity contribution in [2.24, 2.45) is 5.73 Å². The Morgan fingerprint density at radius 1 is 0.667 bits per heavy atom. The van der Waals surface area contributed by atoms with Crippen LogP contribution in [0.5, 0.6) is 0 Å². The lowest BCUT2D eigenvalue weighted by Gasteiger charge is -2.20. The fourth-order valence-corrected chi connectivity index (χ4v) is 5.25. The third-order valence-electron chi connectivity index (χ3n) is 7.26. The fourth-order valence-electron chi connectivity index (χ4n) is 4.47. The van der Waals surface area contributed by atoms with Gasteiger partial charge in [-0.15, -0.1) is 0 Å². The summed E-state index contributed by atoms with van der Waals surface area (Å²) >= 11 is 0. The monoisotopic (exact) mass is 663 g/mol. The first kappa shape index (κ1) is 43.2. The number of allylic oxidation sites excluding steroid dienone is 2. The van der Waals surface area contributed by atoms with Gasteiger partial charge in [-0.3, -0.25) is 23.4 Å². The number of rotatable bonds is 32. The van der Waals surface area contributed by atoms with Crippen molar-refractivity contribution in [2.75, 3.05) is 19.8 Å². The molecule has 45 heavy (non-hydrogen) atoms. The Bertz CT molecular complexity index is 838. The molecule has 0 aliphatic heterocycles. The van der Waals surface area contributed by atoms with Crippen molar-refractivity contribution in [1.82, 2.24) is 0 Å². The number of carboxylic acids is 1. The minimum atomic E-state index is -4.70. The van der Waals surface area contributed by atoms with Crippen LogP contribution in [-0.4, -0.2) is 59.9 Å². The minimum absolute atomic E-state index is 0.154. The molecule has 0 spiro atoms. The number of carbonyl (C=O) groups excluding carboxylic acids is 2. The molecule has 0 aliphatic carbocycles. The van der Waals surface area contributed by atoms with Crippen LogP contribution in [0.3, 0.4) is 0 Å². The summed E-state index contributed by atoms with van der Waals surface area (Å²) in [6.07, 6.45) is 24.5. The summed E-state index contributed by atoms with van der Waals surface area (Å²) in [4.78, 5) is 45.4. The molecule has 0 aromatic rings. The van der Waals surface area contributed by atoms with Crippen LogP contribution in [0.2, 0.25) is 0 Å². The van der Waals surface area contributed by atoms with Crippen molar-refractivity contribution in [1.29, 1.82) is 0 Å². The first-order valence-electron chi connectivity index (χ1n) is 17.2. The number of carboxylic acid groups (broad SMARTS) is 1. The summed E-state index contributed by atoms with van der Waals surface area (Å²) in [7, 11) is -4.70. The second-order valence-corrected chi connectivity index (χ2v) is 13.1. The van der Waals surface area contributed by atoms with Crippen molar-refractivity contribution >= 4 is 25.7 Å². The number of hydrogen-bond acceptors (Lipinski definition) is 9. The Morgan fingerprint density at radius 3 is 1.62 bits per heavy atom. The van der Waals surface area contributed by atoms with Gasteiger partial charge in [0.05, 0.1) is 13.2 Å². The van der Waals surface area contributed by atoms with Crippen LogP contribution in [0.1, 0.15) is 149 Å². The first-order valence-corrected chi connectivity index (χ1v) is 18.7. The lowest BCUT2D eigenvalue weighted by Crippen LogP contribution is -2.34. The van der Waals surface area contributed by atoms with Crippen molar-refractivity contribution < 1.29 is 47.5 Å². The van der Waals surface area contributed by atoms with Gasteiger partial charge in [0.25, 0.3) is 0 Å². The Balaban J connectivity index is 4.47. The van der Waals surface area contributed by atoms with E-state index in [0.29, 0.717) is 12.8 Å². The maximum Gasteiger partial charge on any atom is 0.472 e. The number of unbranched alkanes of at least 4 members (excludes halogenated alkanes) is 16. The molecule has 0 radical (unpaired) electrons. The molecule has 4 N–H and O–H groups in total. The molecule has 0 amide bonds. The summed E-state index contributed by atoms with van der Waals surface area (Å²) < 4.78 is 32.3. The lowest BCUT2D eigenvalue weighted by atomic mass is 10.1. The van der Waals surface area contributed by atoms with Gasteiger partial charge in [0.2, 0.25) is 0 Å². The van der Waals surface area contributed by atoms with E-state index in [-0.39, 0.29) is 19.4 Å². The van der Waals surface area contributed by atoms with Crippen LogP contribution in [0.15, 0.2) is 12.2 Å². The molecule has 3 atom stereocenters. The summed E-state index contributed by atoms with van der Waals surface area (Å²) in [5.41, 5.74) is 5.29. The fraction of sp³-hybridized carbons (Fsp3) is 0.848. The molecule has 0 rings (SSSR count). The van der Waals surface area contributed by atoms with Crippen LogP contribution < -0.4 is 5.73 Å². The number of hydrogen-bond donors (Lipinski definition) is 3. The van der Waals surface area contributed by atoms with Crippen molar-refractivity contribution in [3.05, 3.63) is 12.2 Å². The minimum Gasteiger partial charge on any atom is -0.480 e. The second kappa shape index (κ2) is 29.6. The molecule has 0 heterocycles. The van der Waals surface area contributed by atoms with E-state index >= 15 is 0 Å². The van der Waals surface area contributed by atoms with E-state index in [4.69, 9.17) is 24.8 Å². The van der Waals surface area contributed by atoms with Gasteiger partial charge in [-0.05, 0) is 38.5 Å². The molecule has 0 bridgehead atoms. The molecule has 0 fully saturated rings. The largest absolute Gasteiger partial charge is 0.480 e.